The molecule has 0 spiro atoms. The first-order valence-corrected chi connectivity index (χ1v) is 10.7. The zero-order valence-corrected chi connectivity index (χ0v) is 17.8. The fourth-order valence-electron chi connectivity index (χ4n) is 3.52. The van der Waals surface area contributed by atoms with Gasteiger partial charge in [-0.25, -0.2) is 0 Å². The normalized spacial score (nSPS) is 10.6. The summed E-state index contributed by atoms with van der Waals surface area (Å²) in [4.78, 5) is 12.7. The van der Waals surface area contributed by atoms with Gasteiger partial charge in [0.25, 0.3) is 5.91 Å². The highest BCUT2D eigenvalue weighted by Gasteiger charge is 2.10. The van der Waals surface area contributed by atoms with Crippen LogP contribution in [0.1, 0.15) is 21.5 Å². The number of carbonyl (C=O) groups is 1. The minimum atomic E-state index is -0.255. The fraction of sp³-hybridized carbons (Fsp3) is 0.107. The van der Waals surface area contributed by atoms with Gasteiger partial charge in [0.05, 0.1) is 5.69 Å². The topological polar surface area (TPSA) is 61.4 Å². The van der Waals surface area contributed by atoms with Gasteiger partial charge >= 0.3 is 0 Å². The molecule has 0 saturated carbocycles. The van der Waals surface area contributed by atoms with E-state index in [2.05, 4.69) is 34.9 Å². The van der Waals surface area contributed by atoms with Crippen molar-refractivity contribution in [3.05, 3.63) is 120 Å². The summed E-state index contributed by atoms with van der Waals surface area (Å²) in [5.74, 6) is -0.216. The van der Waals surface area contributed by atoms with Crippen LogP contribution in [0, 0.1) is 0 Å². The Kier molecular flexibility index (Phi) is 6.95. The number of phenolic OH excluding ortho intramolecular Hbond substituents is 1. The van der Waals surface area contributed by atoms with Crippen molar-refractivity contribution in [1.29, 1.82) is 0 Å². The molecule has 160 valence electrons. The lowest BCUT2D eigenvalue weighted by Gasteiger charge is -2.11. The summed E-state index contributed by atoms with van der Waals surface area (Å²) in [5.41, 5.74) is 5.31. The summed E-state index contributed by atoms with van der Waals surface area (Å²) in [7, 11) is 0. The Bertz CT molecular complexity index is 1160. The van der Waals surface area contributed by atoms with Gasteiger partial charge in [0, 0.05) is 12.1 Å². The van der Waals surface area contributed by atoms with Gasteiger partial charge < -0.3 is 15.7 Å². The van der Waals surface area contributed by atoms with E-state index in [1.165, 1.54) is 5.56 Å². The van der Waals surface area contributed by atoms with Gasteiger partial charge in [-0.3, -0.25) is 4.79 Å². The van der Waals surface area contributed by atoms with E-state index in [1.807, 2.05) is 66.7 Å². The van der Waals surface area contributed by atoms with E-state index in [0.717, 1.165) is 36.2 Å². The monoisotopic (exact) mass is 422 g/mol. The van der Waals surface area contributed by atoms with E-state index >= 15 is 0 Å². The molecule has 3 N–H and O–H groups in total. The first kappa shape index (κ1) is 21.3. The minimum absolute atomic E-state index is 0.0391. The molecule has 0 unspecified atom stereocenters. The molecular weight excluding hydrogens is 396 g/mol. The number of rotatable bonds is 8. The summed E-state index contributed by atoms with van der Waals surface area (Å²) < 4.78 is 0. The van der Waals surface area contributed by atoms with Crippen LogP contribution in [0.25, 0.3) is 11.1 Å². The third-order valence-corrected chi connectivity index (χ3v) is 5.33. The standard InChI is InChI=1S/C28H26N2O2/c31-27-16-15-25(23-9-5-2-6-10-23)19-26(27)30-28(32)24-13-11-22(12-14-24)20-29-18-17-21-7-3-1-4-8-21/h1-16,19,29,31H,17-18,20H2,(H,30,32). The molecule has 1 amide bonds. The van der Waals surface area contributed by atoms with Crippen molar-refractivity contribution in [2.75, 3.05) is 11.9 Å². The van der Waals surface area contributed by atoms with E-state index in [0.29, 0.717) is 11.3 Å². The van der Waals surface area contributed by atoms with Crippen LogP contribution in [0.5, 0.6) is 5.75 Å². The number of aromatic hydroxyl groups is 1. The predicted octanol–water partition coefficient (Wildman–Crippen LogP) is 5.64. The van der Waals surface area contributed by atoms with Gasteiger partial charge in [-0.1, -0.05) is 78.9 Å². The number of benzene rings is 4. The Hall–Kier alpha value is -3.89. The molecule has 0 heterocycles. The predicted molar refractivity (Wildman–Crippen MR) is 130 cm³/mol. The number of hydrogen-bond donors (Lipinski definition) is 3. The first-order chi connectivity index (χ1) is 15.7. The Morgan fingerprint density at radius 2 is 1.41 bits per heavy atom. The number of phenols is 1. The van der Waals surface area contributed by atoms with Crippen molar-refractivity contribution in [2.24, 2.45) is 0 Å². The highest BCUT2D eigenvalue weighted by molar-refractivity contribution is 6.05. The van der Waals surface area contributed by atoms with Gasteiger partial charge in [-0.15, -0.1) is 0 Å². The van der Waals surface area contributed by atoms with Crippen molar-refractivity contribution in [2.45, 2.75) is 13.0 Å². The Balaban J connectivity index is 1.34. The second-order valence-corrected chi connectivity index (χ2v) is 7.66. The molecule has 0 aromatic heterocycles. The van der Waals surface area contributed by atoms with Crippen LogP contribution in [-0.2, 0) is 13.0 Å². The van der Waals surface area contributed by atoms with Crippen LogP contribution in [-0.4, -0.2) is 17.6 Å². The summed E-state index contributed by atoms with van der Waals surface area (Å²) in [5, 5.41) is 16.5. The summed E-state index contributed by atoms with van der Waals surface area (Å²) in [6.45, 7) is 1.64. The summed E-state index contributed by atoms with van der Waals surface area (Å²) in [6.07, 6.45) is 0.979. The lowest BCUT2D eigenvalue weighted by molar-refractivity contribution is 0.102. The molecule has 0 bridgehead atoms. The van der Waals surface area contributed by atoms with E-state index in [1.54, 1.807) is 12.1 Å². The molecule has 0 saturated heterocycles. The van der Waals surface area contributed by atoms with Crippen molar-refractivity contribution >= 4 is 11.6 Å². The maximum absolute atomic E-state index is 12.7. The van der Waals surface area contributed by atoms with Crippen LogP contribution < -0.4 is 10.6 Å². The molecule has 0 aliphatic rings. The summed E-state index contributed by atoms with van der Waals surface area (Å²) in [6, 6.07) is 33.0. The molecule has 0 fully saturated rings. The highest BCUT2D eigenvalue weighted by atomic mass is 16.3. The van der Waals surface area contributed by atoms with E-state index in [4.69, 9.17) is 0 Å². The molecule has 0 aliphatic heterocycles. The van der Waals surface area contributed by atoms with E-state index < -0.39 is 0 Å². The third-order valence-electron chi connectivity index (χ3n) is 5.33. The zero-order chi connectivity index (χ0) is 22.2. The van der Waals surface area contributed by atoms with E-state index in [-0.39, 0.29) is 11.7 Å². The largest absolute Gasteiger partial charge is 0.506 e. The lowest BCUT2D eigenvalue weighted by atomic mass is 10.0. The minimum Gasteiger partial charge on any atom is -0.506 e. The van der Waals surface area contributed by atoms with E-state index in [9.17, 15) is 9.90 Å². The molecule has 4 nitrogen and oxygen atoms in total. The first-order valence-electron chi connectivity index (χ1n) is 10.7. The van der Waals surface area contributed by atoms with Crippen LogP contribution in [0.4, 0.5) is 5.69 Å². The van der Waals surface area contributed by atoms with Crippen LogP contribution in [0.3, 0.4) is 0 Å². The van der Waals surface area contributed by atoms with Crippen molar-refractivity contribution < 1.29 is 9.90 Å². The van der Waals surface area contributed by atoms with Gasteiger partial charge in [0.2, 0.25) is 0 Å². The van der Waals surface area contributed by atoms with Gasteiger partial charge in [-0.05, 0) is 59.5 Å². The summed E-state index contributed by atoms with van der Waals surface area (Å²) >= 11 is 0. The SMILES string of the molecule is O=C(Nc1cc(-c2ccccc2)ccc1O)c1ccc(CNCCc2ccccc2)cc1. The molecule has 4 aromatic carbocycles. The smallest absolute Gasteiger partial charge is 0.255 e. The fourth-order valence-corrected chi connectivity index (χ4v) is 3.52. The van der Waals surface area contributed by atoms with Crippen molar-refractivity contribution in [3.8, 4) is 16.9 Å². The molecule has 4 heteroatoms. The van der Waals surface area contributed by atoms with Crippen LogP contribution in [0.2, 0.25) is 0 Å². The van der Waals surface area contributed by atoms with Crippen molar-refractivity contribution in [1.82, 2.24) is 5.32 Å². The average Bonchev–Trinajstić information content (AvgIpc) is 2.85. The number of anilines is 1. The highest BCUT2D eigenvalue weighted by Crippen LogP contribution is 2.30. The quantitative estimate of drug-likeness (QED) is 0.254. The molecule has 4 rings (SSSR count). The maximum atomic E-state index is 12.7. The molecule has 0 atom stereocenters. The second-order valence-electron chi connectivity index (χ2n) is 7.66. The maximum Gasteiger partial charge on any atom is 0.255 e. The number of carbonyl (C=O) groups excluding carboxylic acids is 1. The molecule has 32 heavy (non-hydrogen) atoms. The Labute approximate surface area is 188 Å². The zero-order valence-electron chi connectivity index (χ0n) is 17.8. The molecule has 4 aromatic rings. The molecule has 0 radical (unpaired) electrons. The lowest BCUT2D eigenvalue weighted by Crippen LogP contribution is -2.17. The molecular formula is C28H26N2O2. The van der Waals surface area contributed by atoms with Gasteiger partial charge in [-0.2, -0.15) is 0 Å². The number of hydrogen-bond acceptors (Lipinski definition) is 3. The Morgan fingerprint density at radius 3 is 2.12 bits per heavy atom. The number of amides is 1. The van der Waals surface area contributed by atoms with Crippen LogP contribution in [0.15, 0.2) is 103 Å². The molecule has 0 aliphatic carbocycles. The second kappa shape index (κ2) is 10.4. The third kappa shape index (κ3) is 5.62. The van der Waals surface area contributed by atoms with Crippen LogP contribution >= 0.6 is 0 Å². The van der Waals surface area contributed by atoms with Gasteiger partial charge in [0.1, 0.15) is 5.75 Å². The van der Waals surface area contributed by atoms with Gasteiger partial charge in [0.15, 0.2) is 0 Å². The average molecular weight is 423 g/mol. The van der Waals surface area contributed by atoms with Crippen molar-refractivity contribution in [3.63, 3.8) is 0 Å². The number of nitrogens with one attached hydrogen (secondary N) is 2. The Morgan fingerprint density at radius 1 is 0.719 bits per heavy atom.